The fourth-order valence-corrected chi connectivity index (χ4v) is 3.05. The maximum atomic E-state index is 4.78. The van der Waals surface area contributed by atoms with Gasteiger partial charge in [-0.1, -0.05) is 30.8 Å². The number of thioether (sulfide) groups is 1. The van der Waals surface area contributed by atoms with Crippen molar-refractivity contribution in [2.45, 2.75) is 25.8 Å². The summed E-state index contributed by atoms with van der Waals surface area (Å²) in [6, 6.07) is 8.32. The Balaban J connectivity index is 2.18. The van der Waals surface area contributed by atoms with E-state index in [9.17, 15) is 0 Å². The average Bonchev–Trinajstić information content (AvgIpc) is 2.72. The van der Waals surface area contributed by atoms with Gasteiger partial charge in [0.05, 0.1) is 16.9 Å². The molecule has 0 aliphatic carbocycles. The first-order valence-electron chi connectivity index (χ1n) is 6.30. The van der Waals surface area contributed by atoms with Crippen molar-refractivity contribution in [3.63, 3.8) is 0 Å². The molecule has 1 unspecified atom stereocenters. The number of aliphatic imine (C=N–C) groups is 1. The van der Waals surface area contributed by atoms with Gasteiger partial charge >= 0.3 is 0 Å². The molecule has 1 heterocycles. The molecule has 0 amide bonds. The predicted octanol–water partition coefficient (Wildman–Crippen LogP) is 3.44. The van der Waals surface area contributed by atoms with E-state index in [1.807, 2.05) is 11.8 Å². The van der Waals surface area contributed by atoms with Crippen molar-refractivity contribution in [2.75, 3.05) is 30.1 Å². The first-order chi connectivity index (χ1) is 8.54. The van der Waals surface area contributed by atoms with Crippen LogP contribution in [0.3, 0.4) is 0 Å². The summed E-state index contributed by atoms with van der Waals surface area (Å²) in [5.74, 6) is 1.07. The van der Waals surface area contributed by atoms with Gasteiger partial charge < -0.3 is 10.2 Å². The number of benzene rings is 1. The lowest BCUT2D eigenvalue weighted by atomic mass is 10.0. The lowest BCUT2D eigenvalue weighted by molar-refractivity contribution is 0.523. The van der Waals surface area contributed by atoms with E-state index in [2.05, 4.69) is 62.4 Å². The quantitative estimate of drug-likeness (QED) is 0.905. The Morgan fingerprint density at radius 2 is 2.11 bits per heavy atom. The predicted molar refractivity (Wildman–Crippen MR) is 83.0 cm³/mol. The highest BCUT2D eigenvalue weighted by molar-refractivity contribution is 8.14. The number of nitrogens with one attached hydrogen (secondary N) is 1. The van der Waals surface area contributed by atoms with Gasteiger partial charge in [-0.05, 0) is 25.5 Å². The molecule has 1 aromatic rings. The highest BCUT2D eigenvalue weighted by Crippen LogP contribution is 2.32. The van der Waals surface area contributed by atoms with Crippen LogP contribution in [0.2, 0.25) is 0 Å². The van der Waals surface area contributed by atoms with Crippen molar-refractivity contribution in [1.82, 2.24) is 0 Å². The van der Waals surface area contributed by atoms with Crippen molar-refractivity contribution in [1.29, 1.82) is 0 Å². The van der Waals surface area contributed by atoms with Crippen LogP contribution in [0.1, 0.15) is 20.3 Å². The summed E-state index contributed by atoms with van der Waals surface area (Å²) in [5, 5.41) is 4.49. The molecule has 0 aromatic heterocycles. The normalized spacial score (nSPS) is 22.8. The van der Waals surface area contributed by atoms with Crippen molar-refractivity contribution >= 4 is 28.3 Å². The molecule has 0 saturated carbocycles. The smallest absolute Gasteiger partial charge is 0.161 e. The Morgan fingerprint density at radius 1 is 1.39 bits per heavy atom. The summed E-state index contributed by atoms with van der Waals surface area (Å²) in [4.78, 5) is 6.90. The van der Waals surface area contributed by atoms with Gasteiger partial charge in [0.1, 0.15) is 0 Å². The fraction of sp³-hybridized carbons (Fsp3) is 0.500. The monoisotopic (exact) mass is 263 g/mol. The molecule has 3 nitrogen and oxygen atoms in total. The number of hydrogen-bond donors (Lipinski definition) is 1. The Hall–Kier alpha value is -1.16. The van der Waals surface area contributed by atoms with E-state index in [4.69, 9.17) is 4.99 Å². The zero-order chi connectivity index (χ0) is 13.2. The van der Waals surface area contributed by atoms with Crippen LogP contribution in [0.25, 0.3) is 0 Å². The molecule has 98 valence electrons. The van der Waals surface area contributed by atoms with Crippen LogP contribution < -0.4 is 10.2 Å². The van der Waals surface area contributed by atoms with Crippen LogP contribution in [-0.2, 0) is 0 Å². The maximum absolute atomic E-state index is 4.78. The van der Waals surface area contributed by atoms with Crippen LogP contribution in [0.5, 0.6) is 0 Å². The van der Waals surface area contributed by atoms with E-state index in [1.165, 1.54) is 5.69 Å². The molecule has 1 N–H and O–H groups in total. The van der Waals surface area contributed by atoms with E-state index in [1.54, 1.807) is 0 Å². The SMILES string of the molecule is CCC1(C)CSC(Nc2ccccc2N(C)C)=N1. The van der Waals surface area contributed by atoms with Crippen LogP contribution in [0.15, 0.2) is 29.3 Å². The molecule has 1 atom stereocenters. The van der Waals surface area contributed by atoms with Gasteiger partial charge in [-0.2, -0.15) is 0 Å². The van der Waals surface area contributed by atoms with Gasteiger partial charge in [-0.3, -0.25) is 4.99 Å². The second-order valence-electron chi connectivity index (χ2n) is 5.09. The topological polar surface area (TPSA) is 27.6 Å². The summed E-state index contributed by atoms with van der Waals surface area (Å²) in [7, 11) is 4.11. The van der Waals surface area contributed by atoms with Crippen molar-refractivity contribution in [3.8, 4) is 0 Å². The molecule has 0 spiro atoms. The van der Waals surface area contributed by atoms with Crippen LogP contribution >= 0.6 is 11.8 Å². The standard InChI is InChI=1S/C14H21N3S/c1-5-14(2)10-18-13(16-14)15-11-8-6-7-9-12(11)17(3)4/h6-9H,5,10H2,1-4H3,(H,15,16). The molecule has 4 heteroatoms. The molecule has 2 rings (SSSR count). The first-order valence-corrected chi connectivity index (χ1v) is 7.29. The highest BCUT2D eigenvalue weighted by Gasteiger charge is 2.28. The van der Waals surface area contributed by atoms with Gasteiger partial charge in [0.15, 0.2) is 5.17 Å². The number of nitrogens with zero attached hydrogens (tertiary/aromatic N) is 2. The van der Waals surface area contributed by atoms with Gasteiger partial charge in [0.25, 0.3) is 0 Å². The van der Waals surface area contributed by atoms with E-state index in [-0.39, 0.29) is 5.54 Å². The third-order valence-corrected chi connectivity index (χ3v) is 4.51. The van der Waals surface area contributed by atoms with E-state index in [0.717, 1.165) is 23.0 Å². The lowest BCUT2D eigenvalue weighted by Gasteiger charge is -2.18. The molecular weight excluding hydrogens is 242 g/mol. The van der Waals surface area contributed by atoms with Gasteiger partial charge in [0.2, 0.25) is 0 Å². The third-order valence-electron chi connectivity index (χ3n) is 3.28. The minimum absolute atomic E-state index is 0.0973. The van der Waals surface area contributed by atoms with Crippen LogP contribution in [0, 0.1) is 0 Å². The molecule has 1 aliphatic heterocycles. The largest absolute Gasteiger partial charge is 0.376 e. The molecule has 18 heavy (non-hydrogen) atoms. The van der Waals surface area contributed by atoms with Crippen LogP contribution in [0.4, 0.5) is 11.4 Å². The molecule has 0 saturated heterocycles. The van der Waals surface area contributed by atoms with Gasteiger partial charge in [0, 0.05) is 19.8 Å². The molecular formula is C14H21N3S. The second kappa shape index (κ2) is 5.22. The van der Waals surface area contributed by atoms with Crippen molar-refractivity contribution in [2.24, 2.45) is 4.99 Å². The van der Waals surface area contributed by atoms with Crippen molar-refractivity contribution in [3.05, 3.63) is 24.3 Å². The van der Waals surface area contributed by atoms with Crippen LogP contribution in [-0.4, -0.2) is 30.6 Å². The van der Waals surface area contributed by atoms with Gasteiger partial charge in [-0.15, -0.1) is 0 Å². The van der Waals surface area contributed by atoms with Crippen molar-refractivity contribution < 1.29 is 0 Å². The van der Waals surface area contributed by atoms with E-state index in [0.29, 0.717) is 0 Å². The Morgan fingerprint density at radius 3 is 2.72 bits per heavy atom. The highest BCUT2D eigenvalue weighted by atomic mass is 32.2. The minimum Gasteiger partial charge on any atom is -0.376 e. The molecule has 1 aliphatic rings. The van der Waals surface area contributed by atoms with Gasteiger partial charge in [-0.25, -0.2) is 0 Å². The molecule has 0 bridgehead atoms. The third kappa shape index (κ3) is 2.80. The van der Waals surface area contributed by atoms with E-state index >= 15 is 0 Å². The molecule has 0 fully saturated rings. The number of rotatable bonds is 3. The average molecular weight is 263 g/mol. The summed E-state index contributed by atoms with van der Waals surface area (Å²) in [6.07, 6.45) is 1.08. The number of amidine groups is 1. The fourth-order valence-electron chi connectivity index (χ4n) is 1.86. The number of para-hydroxylation sites is 2. The Kier molecular flexibility index (Phi) is 3.85. The van der Waals surface area contributed by atoms with E-state index < -0.39 is 0 Å². The Bertz CT molecular complexity index is 456. The minimum atomic E-state index is 0.0973. The summed E-state index contributed by atoms with van der Waals surface area (Å²) in [5.41, 5.74) is 2.40. The zero-order valence-corrected chi connectivity index (χ0v) is 12.3. The zero-order valence-electron chi connectivity index (χ0n) is 11.5. The second-order valence-corrected chi connectivity index (χ2v) is 6.06. The summed E-state index contributed by atoms with van der Waals surface area (Å²) < 4.78 is 0. The number of hydrogen-bond acceptors (Lipinski definition) is 4. The Labute approximate surface area is 114 Å². The number of anilines is 2. The summed E-state index contributed by atoms with van der Waals surface area (Å²) in [6.45, 7) is 4.41. The summed E-state index contributed by atoms with van der Waals surface area (Å²) >= 11 is 1.81. The lowest BCUT2D eigenvalue weighted by Crippen LogP contribution is -2.20. The first kappa shape index (κ1) is 13.3. The molecule has 1 aromatic carbocycles. The maximum Gasteiger partial charge on any atom is 0.161 e. The molecule has 0 radical (unpaired) electrons.